The number of carbonyl (C=O) groups is 1. The molecule has 0 aliphatic heterocycles. The van der Waals surface area contributed by atoms with Crippen LogP contribution in [-0.2, 0) is 4.79 Å². The Morgan fingerprint density at radius 3 is 2.29 bits per heavy atom. The number of carboxylic acid groups (broad SMARTS) is 1. The maximum Gasteiger partial charge on any atom is 0.368 e. The first kappa shape index (κ1) is 6.23. The number of hydrogen-bond acceptors (Lipinski definition) is 3. The Hall–Kier alpha value is -0.770. The van der Waals surface area contributed by atoms with Crippen molar-refractivity contribution in [1.82, 2.24) is 0 Å². The van der Waals surface area contributed by atoms with E-state index in [9.17, 15) is 4.79 Å². The van der Waals surface area contributed by atoms with Gasteiger partial charge in [-0.15, -0.1) is 0 Å². The van der Waals surface area contributed by atoms with Gasteiger partial charge in [-0.25, -0.2) is 4.79 Å². The van der Waals surface area contributed by atoms with E-state index < -0.39 is 11.1 Å². The SMILES string of the molecule is NN=C(Cl)C(=O)O. The zero-order valence-electron chi connectivity index (χ0n) is 3.26. The Bertz CT molecular complexity index is 110. The molecule has 0 atom stereocenters. The van der Waals surface area contributed by atoms with Crippen LogP contribution in [0.2, 0.25) is 0 Å². The Kier molecular flexibility index (Phi) is 2.15. The topological polar surface area (TPSA) is 75.7 Å². The lowest BCUT2D eigenvalue weighted by Gasteiger charge is -1.79. The van der Waals surface area contributed by atoms with Crippen molar-refractivity contribution >= 4 is 22.7 Å². The highest BCUT2D eigenvalue weighted by Gasteiger charge is 2.00. The van der Waals surface area contributed by atoms with E-state index in [1.165, 1.54) is 0 Å². The van der Waals surface area contributed by atoms with Gasteiger partial charge in [0.05, 0.1) is 0 Å². The molecule has 40 valence electrons. The van der Waals surface area contributed by atoms with Gasteiger partial charge < -0.3 is 10.9 Å². The van der Waals surface area contributed by atoms with Gasteiger partial charge in [0.2, 0.25) is 5.17 Å². The molecule has 3 N–H and O–H groups in total. The van der Waals surface area contributed by atoms with E-state index in [4.69, 9.17) is 16.7 Å². The highest BCUT2D eigenvalue weighted by molar-refractivity contribution is 6.81. The van der Waals surface area contributed by atoms with Crippen molar-refractivity contribution in [2.45, 2.75) is 0 Å². The molecule has 0 aliphatic carbocycles. The predicted molar refractivity (Wildman–Crippen MR) is 25.1 cm³/mol. The summed E-state index contributed by atoms with van der Waals surface area (Å²) in [6.07, 6.45) is 0. The van der Waals surface area contributed by atoms with E-state index in [0.29, 0.717) is 0 Å². The van der Waals surface area contributed by atoms with Gasteiger partial charge in [0.25, 0.3) is 0 Å². The standard InChI is InChI=1S/C2H3ClN2O2/c3-1(5-4)2(6)7/h4H2,(H,6,7). The second-order valence-electron chi connectivity index (χ2n) is 0.725. The third kappa shape index (κ3) is 1.99. The molecule has 4 nitrogen and oxygen atoms in total. The molecule has 0 amide bonds. The lowest BCUT2D eigenvalue weighted by atomic mass is 10.8. The first-order chi connectivity index (χ1) is 3.18. The minimum Gasteiger partial charge on any atom is -0.476 e. The molecular weight excluding hydrogens is 119 g/mol. The zero-order chi connectivity index (χ0) is 5.86. The lowest BCUT2D eigenvalue weighted by molar-refractivity contribution is -0.129. The van der Waals surface area contributed by atoms with Crippen molar-refractivity contribution in [2.75, 3.05) is 0 Å². The molecule has 0 fully saturated rings. The molecule has 0 bridgehead atoms. The van der Waals surface area contributed by atoms with Crippen molar-refractivity contribution < 1.29 is 9.90 Å². The molecule has 0 aromatic carbocycles. The molecule has 0 rings (SSSR count). The van der Waals surface area contributed by atoms with Crippen LogP contribution < -0.4 is 5.84 Å². The summed E-state index contributed by atoms with van der Waals surface area (Å²) in [5, 5.41) is 9.90. The van der Waals surface area contributed by atoms with E-state index in [-0.39, 0.29) is 0 Å². The molecule has 0 unspecified atom stereocenters. The Morgan fingerprint density at radius 1 is 1.86 bits per heavy atom. The maximum atomic E-state index is 9.59. The average molecular weight is 123 g/mol. The maximum absolute atomic E-state index is 9.59. The number of aliphatic carboxylic acids is 1. The van der Waals surface area contributed by atoms with Crippen molar-refractivity contribution in [3.05, 3.63) is 0 Å². The van der Waals surface area contributed by atoms with Crippen molar-refractivity contribution in [2.24, 2.45) is 10.9 Å². The number of halogens is 1. The van der Waals surface area contributed by atoms with Crippen LogP contribution in [0.5, 0.6) is 0 Å². The van der Waals surface area contributed by atoms with Gasteiger partial charge in [0.1, 0.15) is 0 Å². The highest BCUT2D eigenvalue weighted by atomic mass is 35.5. The molecule has 0 aliphatic rings. The van der Waals surface area contributed by atoms with Crippen LogP contribution in [0.15, 0.2) is 5.10 Å². The summed E-state index contributed by atoms with van der Waals surface area (Å²) in [7, 11) is 0. The number of nitrogens with two attached hydrogens (primary N) is 1. The van der Waals surface area contributed by atoms with Crippen molar-refractivity contribution in [3.63, 3.8) is 0 Å². The first-order valence-electron chi connectivity index (χ1n) is 1.35. The predicted octanol–water partition coefficient (Wildman–Crippen LogP) is -0.418. The van der Waals surface area contributed by atoms with Gasteiger partial charge in [0, 0.05) is 0 Å². The summed E-state index contributed by atoms with van der Waals surface area (Å²) in [6, 6.07) is 0. The summed E-state index contributed by atoms with van der Waals surface area (Å²) in [5.41, 5.74) is 0. The molecule has 5 heteroatoms. The molecule has 0 aromatic heterocycles. The number of hydrogen-bond donors (Lipinski definition) is 2. The second-order valence-corrected chi connectivity index (χ2v) is 1.08. The van der Waals surface area contributed by atoms with Crippen molar-refractivity contribution in [1.29, 1.82) is 0 Å². The van der Waals surface area contributed by atoms with Crippen LogP contribution in [0.1, 0.15) is 0 Å². The van der Waals surface area contributed by atoms with E-state index in [1.54, 1.807) is 0 Å². The summed E-state index contributed by atoms with van der Waals surface area (Å²) in [6.45, 7) is 0. The minimum atomic E-state index is -1.32. The summed E-state index contributed by atoms with van der Waals surface area (Å²) in [5.74, 6) is 3.13. The number of hydrazone groups is 1. The third-order valence-electron chi connectivity index (χ3n) is 0.290. The fourth-order valence-electron chi connectivity index (χ4n) is 0.0552. The Morgan fingerprint density at radius 2 is 2.29 bits per heavy atom. The van der Waals surface area contributed by atoms with Crippen LogP contribution in [-0.4, -0.2) is 16.2 Å². The first-order valence-corrected chi connectivity index (χ1v) is 1.73. The highest BCUT2D eigenvalue weighted by Crippen LogP contribution is 1.79. The van der Waals surface area contributed by atoms with Gasteiger partial charge in [0.15, 0.2) is 0 Å². The van der Waals surface area contributed by atoms with Gasteiger partial charge in [-0.1, -0.05) is 11.6 Å². The molecule has 0 heterocycles. The molecule has 0 saturated heterocycles. The van der Waals surface area contributed by atoms with E-state index in [0.717, 1.165) is 0 Å². The lowest BCUT2D eigenvalue weighted by Crippen LogP contribution is -2.06. The molecule has 0 radical (unpaired) electrons. The number of carboxylic acids is 1. The van der Waals surface area contributed by atoms with E-state index in [1.807, 2.05) is 0 Å². The largest absolute Gasteiger partial charge is 0.476 e. The molecule has 0 saturated carbocycles. The Balaban J connectivity index is 3.82. The van der Waals surface area contributed by atoms with Crippen molar-refractivity contribution in [3.8, 4) is 0 Å². The van der Waals surface area contributed by atoms with Crippen LogP contribution >= 0.6 is 11.6 Å². The summed E-state index contributed by atoms with van der Waals surface area (Å²) >= 11 is 4.83. The molecular formula is C2H3ClN2O2. The fraction of sp³-hybridized carbons (Fsp3) is 0. The monoisotopic (exact) mass is 122 g/mol. The molecule has 0 aromatic rings. The summed E-state index contributed by atoms with van der Waals surface area (Å²) in [4.78, 5) is 9.59. The fourth-order valence-corrected chi connectivity index (χ4v) is 0.0552. The van der Waals surface area contributed by atoms with E-state index in [2.05, 4.69) is 10.9 Å². The number of nitrogens with zero attached hydrogens (tertiary/aromatic N) is 1. The van der Waals surface area contributed by atoms with Gasteiger partial charge in [-0.05, 0) is 0 Å². The average Bonchev–Trinajstić information content (AvgIpc) is 1.65. The van der Waals surface area contributed by atoms with Crippen LogP contribution in [0, 0.1) is 0 Å². The van der Waals surface area contributed by atoms with Crippen LogP contribution in [0.3, 0.4) is 0 Å². The second kappa shape index (κ2) is 2.41. The summed E-state index contributed by atoms with van der Waals surface area (Å²) < 4.78 is 0. The van der Waals surface area contributed by atoms with Gasteiger partial charge >= 0.3 is 5.97 Å². The quantitative estimate of drug-likeness (QED) is 0.282. The number of rotatable bonds is 1. The van der Waals surface area contributed by atoms with Gasteiger partial charge in [-0.3, -0.25) is 0 Å². The smallest absolute Gasteiger partial charge is 0.368 e. The van der Waals surface area contributed by atoms with Crippen LogP contribution in [0.4, 0.5) is 0 Å². The van der Waals surface area contributed by atoms with Crippen LogP contribution in [0.25, 0.3) is 0 Å². The molecule has 7 heavy (non-hydrogen) atoms. The van der Waals surface area contributed by atoms with Gasteiger partial charge in [-0.2, -0.15) is 5.10 Å². The third-order valence-corrected chi connectivity index (χ3v) is 0.549. The zero-order valence-corrected chi connectivity index (χ0v) is 4.01. The Labute approximate surface area is 44.6 Å². The minimum absolute atomic E-state index is 0.611. The van der Waals surface area contributed by atoms with E-state index >= 15 is 0 Å². The normalized spacial score (nSPS) is 11.3. The molecule has 0 spiro atoms.